The van der Waals surface area contributed by atoms with E-state index in [-0.39, 0.29) is 32.9 Å². The highest BCUT2D eigenvalue weighted by Gasteiger charge is 2.61. The summed E-state index contributed by atoms with van der Waals surface area (Å²) in [7, 11) is -1.56. The number of methoxy groups -OCH3 is 2. The lowest BCUT2D eigenvalue weighted by Gasteiger charge is -2.39. The normalized spacial score (nSPS) is 28.2. The summed E-state index contributed by atoms with van der Waals surface area (Å²) in [6, 6.07) is 3.51. The molecule has 3 rings (SSSR count). The van der Waals surface area contributed by atoms with E-state index in [0.29, 0.717) is 5.92 Å². The average Bonchev–Trinajstić information content (AvgIpc) is 2.99. The number of rotatable bonds is 5. The molecule has 2 bridgehead atoms. The number of esters is 2. The van der Waals surface area contributed by atoms with Crippen LogP contribution in [0.2, 0.25) is 0 Å². The van der Waals surface area contributed by atoms with E-state index in [1.54, 1.807) is 0 Å². The van der Waals surface area contributed by atoms with Crippen molar-refractivity contribution < 1.29 is 27.5 Å². The van der Waals surface area contributed by atoms with Crippen molar-refractivity contribution in [3.05, 3.63) is 29.3 Å². The minimum Gasteiger partial charge on any atom is -0.465 e. The Balaban J connectivity index is 1.98. The Bertz CT molecular complexity index is 888. The van der Waals surface area contributed by atoms with Gasteiger partial charge in [-0.2, -0.15) is 0 Å². The fraction of sp³-hybridized carbons (Fsp3) is 0.600. The highest BCUT2D eigenvalue weighted by Crippen LogP contribution is 2.65. The van der Waals surface area contributed by atoms with E-state index in [1.165, 1.54) is 32.4 Å². The van der Waals surface area contributed by atoms with Gasteiger partial charge < -0.3 is 9.47 Å². The average molecular weight is 410 g/mol. The number of ether oxygens (including phenoxy) is 2. The number of nitrogens with one attached hydrogen (secondary N) is 1. The van der Waals surface area contributed by atoms with Crippen LogP contribution in [0.4, 0.5) is 0 Å². The third kappa shape index (κ3) is 3.12. The van der Waals surface area contributed by atoms with Gasteiger partial charge in [0.05, 0.1) is 30.2 Å². The van der Waals surface area contributed by atoms with Gasteiger partial charge in [-0.1, -0.05) is 20.8 Å². The molecule has 1 aromatic carbocycles. The van der Waals surface area contributed by atoms with Crippen molar-refractivity contribution in [1.82, 2.24) is 4.72 Å². The van der Waals surface area contributed by atoms with Gasteiger partial charge in [-0.05, 0) is 54.2 Å². The predicted molar refractivity (Wildman–Crippen MR) is 102 cm³/mol. The van der Waals surface area contributed by atoms with Gasteiger partial charge in [-0.25, -0.2) is 22.7 Å². The van der Waals surface area contributed by atoms with Crippen LogP contribution in [0.1, 0.15) is 60.7 Å². The summed E-state index contributed by atoms with van der Waals surface area (Å²) in [6.07, 6.45) is 2.85. The molecule has 0 amide bonds. The zero-order valence-electron chi connectivity index (χ0n) is 16.9. The summed E-state index contributed by atoms with van der Waals surface area (Å²) in [6.45, 7) is 6.54. The van der Waals surface area contributed by atoms with Crippen LogP contribution in [0, 0.1) is 16.7 Å². The number of benzene rings is 1. The number of sulfonamides is 1. The Hall–Kier alpha value is -1.93. The lowest BCUT2D eigenvalue weighted by Crippen LogP contribution is -2.46. The second-order valence-electron chi connectivity index (χ2n) is 8.51. The number of hydrogen-bond donors (Lipinski definition) is 1. The summed E-state index contributed by atoms with van der Waals surface area (Å²) >= 11 is 0. The molecule has 0 saturated heterocycles. The molecule has 2 aliphatic carbocycles. The largest absolute Gasteiger partial charge is 0.465 e. The second-order valence-corrected chi connectivity index (χ2v) is 10.2. The molecular formula is C20H27NO6S. The first-order chi connectivity index (χ1) is 13.0. The number of fused-ring (bicyclic) bond motifs is 2. The second kappa shape index (κ2) is 6.84. The van der Waals surface area contributed by atoms with Crippen molar-refractivity contribution in [3.63, 3.8) is 0 Å². The molecule has 3 atom stereocenters. The van der Waals surface area contributed by atoms with Crippen molar-refractivity contribution in [2.45, 2.75) is 51.0 Å². The Labute approximate surface area is 165 Å². The van der Waals surface area contributed by atoms with Gasteiger partial charge in [0.1, 0.15) is 0 Å². The number of carbonyl (C=O) groups excluding carboxylic acids is 2. The molecule has 7 nitrogen and oxygen atoms in total. The highest BCUT2D eigenvalue weighted by molar-refractivity contribution is 7.89. The molecule has 0 radical (unpaired) electrons. The topological polar surface area (TPSA) is 98.8 Å². The molecule has 0 spiro atoms. The van der Waals surface area contributed by atoms with E-state index in [9.17, 15) is 18.0 Å². The van der Waals surface area contributed by atoms with Gasteiger partial charge in [-0.15, -0.1) is 0 Å². The molecule has 2 saturated carbocycles. The van der Waals surface area contributed by atoms with Gasteiger partial charge in [-0.3, -0.25) is 0 Å². The maximum Gasteiger partial charge on any atom is 0.337 e. The molecule has 2 fully saturated rings. The maximum atomic E-state index is 13.1. The van der Waals surface area contributed by atoms with Crippen LogP contribution in [0.3, 0.4) is 0 Å². The number of carbonyl (C=O) groups is 2. The zero-order chi connectivity index (χ0) is 20.9. The Kier molecular flexibility index (Phi) is 5.08. The van der Waals surface area contributed by atoms with Gasteiger partial charge in [0.15, 0.2) is 0 Å². The molecule has 1 aromatic rings. The molecule has 154 valence electrons. The Morgan fingerprint density at radius 3 is 1.96 bits per heavy atom. The van der Waals surface area contributed by atoms with Crippen molar-refractivity contribution in [1.29, 1.82) is 0 Å². The minimum atomic E-state index is -3.95. The fourth-order valence-electron chi connectivity index (χ4n) is 4.86. The highest BCUT2D eigenvalue weighted by atomic mass is 32.2. The van der Waals surface area contributed by atoms with Gasteiger partial charge in [0, 0.05) is 6.04 Å². The van der Waals surface area contributed by atoms with Crippen LogP contribution in [0.15, 0.2) is 23.1 Å². The first kappa shape index (κ1) is 20.8. The molecule has 0 unspecified atom stereocenters. The van der Waals surface area contributed by atoms with Crippen LogP contribution in [-0.4, -0.2) is 40.6 Å². The van der Waals surface area contributed by atoms with Crippen LogP contribution in [0.25, 0.3) is 0 Å². The summed E-state index contributed by atoms with van der Waals surface area (Å²) in [5.41, 5.74) is -0.142. The lowest BCUT2D eigenvalue weighted by molar-refractivity contribution is 0.0598. The first-order valence-electron chi connectivity index (χ1n) is 9.30. The monoisotopic (exact) mass is 409 g/mol. The number of hydrogen-bond acceptors (Lipinski definition) is 6. The van der Waals surface area contributed by atoms with Gasteiger partial charge >= 0.3 is 11.9 Å². The van der Waals surface area contributed by atoms with Crippen molar-refractivity contribution in [2.75, 3.05) is 14.2 Å². The molecule has 8 heteroatoms. The lowest BCUT2D eigenvalue weighted by atomic mass is 9.69. The van der Waals surface area contributed by atoms with Crippen molar-refractivity contribution >= 4 is 22.0 Å². The quantitative estimate of drug-likeness (QED) is 0.751. The molecule has 28 heavy (non-hydrogen) atoms. The zero-order valence-corrected chi connectivity index (χ0v) is 17.7. The minimum absolute atomic E-state index is 0.0229. The maximum absolute atomic E-state index is 13.1. The molecule has 0 aliphatic heterocycles. The smallest absolute Gasteiger partial charge is 0.337 e. The molecular weight excluding hydrogens is 382 g/mol. The molecule has 0 heterocycles. The third-order valence-corrected chi connectivity index (χ3v) is 8.60. The summed E-state index contributed by atoms with van der Waals surface area (Å²) in [5.74, 6) is -0.984. The molecule has 2 aliphatic rings. The van der Waals surface area contributed by atoms with E-state index >= 15 is 0 Å². The SMILES string of the molecule is COC(=O)c1cc(C(=O)OC)cc(S(=O)(=O)N[C@@H]2C[C@@H]3CC[C@@]2(C)C3(C)C)c1. The fourth-order valence-corrected chi connectivity index (χ4v) is 6.29. The van der Waals surface area contributed by atoms with E-state index in [2.05, 4.69) is 35.0 Å². The van der Waals surface area contributed by atoms with Crippen molar-refractivity contribution in [2.24, 2.45) is 16.7 Å². The van der Waals surface area contributed by atoms with Crippen LogP contribution in [0.5, 0.6) is 0 Å². The first-order valence-corrected chi connectivity index (χ1v) is 10.8. The van der Waals surface area contributed by atoms with Gasteiger partial charge in [0.2, 0.25) is 10.0 Å². The predicted octanol–water partition coefficient (Wildman–Crippen LogP) is 2.75. The molecule has 1 N–H and O–H groups in total. The standard InChI is InChI=1S/C20H27NO6S/c1-19(2)14-6-7-20(19,3)16(11-14)21-28(24,25)15-9-12(17(22)26-4)8-13(10-15)18(23)27-5/h8-10,14,16,21H,6-7,11H2,1-5H3/t14-,16+,20+/m0/s1. The Morgan fingerprint density at radius 1 is 1.04 bits per heavy atom. The molecule has 0 aromatic heterocycles. The van der Waals surface area contributed by atoms with E-state index in [0.717, 1.165) is 19.3 Å². The van der Waals surface area contributed by atoms with Gasteiger partial charge in [0.25, 0.3) is 0 Å². The van der Waals surface area contributed by atoms with Crippen molar-refractivity contribution in [3.8, 4) is 0 Å². The van der Waals surface area contributed by atoms with Crippen LogP contribution in [-0.2, 0) is 19.5 Å². The summed E-state index contributed by atoms with van der Waals surface area (Å²) in [4.78, 5) is 23.7. The van der Waals surface area contributed by atoms with Crippen LogP contribution >= 0.6 is 0 Å². The van der Waals surface area contributed by atoms with E-state index in [4.69, 9.17) is 0 Å². The van der Waals surface area contributed by atoms with E-state index in [1.807, 2.05) is 0 Å². The van der Waals surface area contributed by atoms with E-state index < -0.39 is 22.0 Å². The third-order valence-electron chi connectivity index (χ3n) is 7.15. The van der Waals surface area contributed by atoms with Crippen LogP contribution < -0.4 is 4.72 Å². The Morgan fingerprint density at radius 2 is 1.57 bits per heavy atom. The summed E-state index contributed by atoms with van der Waals surface area (Å²) in [5, 5.41) is 0. The summed E-state index contributed by atoms with van der Waals surface area (Å²) < 4.78 is 38.5.